The summed E-state index contributed by atoms with van der Waals surface area (Å²) in [6.45, 7) is 2.43. The molecule has 88 valence electrons. The predicted octanol–water partition coefficient (Wildman–Crippen LogP) is 3.70. The average molecular weight is 268 g/mol. The predicted molar refractivity (Wildman–Crippen MR) is 70.6 cm³/mol. The Hall–Kier alpha value is -1.32. The van der Waals surface area contributed by atoms with Gasteiger partial charge in [-0.1, -0.05) is 23.2 Å². The summed E-state index contributed by atoms with van der Waals surface area (Å²) in [6, 6.07) is 5.42. The van der Waals surface area contributed by atoms with Gasteiger partial charge in [0.25, 0.3) is 0 Å². The topological polar surface area (TPSA) is 37.8 Å². The van der Waals surface area contributed by atoms with Gasteiger partial charge in [-0.05, 0) is 30.7 Å². The minimum Gasteiger partial charge on any atom is -0.376 e. The third-order valence-corrected chi connectivity index (χ3v) is 3.02. The largest absolute Gasteiger partial charge is 0.376 e. The lowest BCUT2D eigenvalue weighted by molar-refractivity contribution is 0.948. The van der Waals surface area contributed by atoms with E-state index in [0.29, 0.717) is 22.4 Å². The van der Waals surface area contributed by atoms with Crippen LogP contribution in [0.2, 0.25) is 10.0 Å². The summed E-state index contributed by atoms with van der Waals surface area (Å²) in [6.07, 6.45) is 3.40. The lowest BCUT2D eigenvalue weighted by Crippen LogP contribution is -2.04. The summed E-state index contributed by atoms with van der Waals surface area (Å²) < 4.78 is 0. The minimum absolute atomic E-state index is 0.514. The molecule has 1 aromatic heterocycles. The van der Waals surface area contributed by atoms with Gasteiger partial charge in [-0.15, -0.1) is 0 Å². The van der Waals surface area contributed by atoms with E-state index >= 15 is 0 Å². The Morgan fingerprint density at radius 2 is 1.82 bits per heavy atom. The maximum atomic E-state index is 6.11. The molecule has 2 aromatic rings. The van der Waals surface area contributed by atoms with E-state index in [-0.39, 0.29) is 0 Å². The molecule has 2 rings (SSSR count). The van der Waals surface area contributed by atoms with Crippen molar-refractivity contribution in [3.8, 4) is 0 Å². The van der Waals surface area contributed by atoms with Gasteiger partial charge in [0.2, 0.25) is 0 Å². The zero-order valence-corrected chi connectivity index (χ0v) is 10.8. The Kier molecular flexibility index (Phi) is 3.82. The second-order valence-corrected chi connectivity index (χ2v) is 4.41. The molecule has 0 fully saturated rings. The summed E-state index contributed by atoms with van der Waals surface area (Å²) in [7, 11) is 0. The molecule has 17 heavy (non-hydrogen) atoms. The molecule has 5 heteroatoms. The summed E-state index contributed by atoms with van der Waals surface area (Å²) in [5, 5.41) is 4.48. The molecule has 1 aromatic carbocycles. The van der Waals surface area contributed by atoms with Gasteiger partial charge in [0, 0.05) is 17.4 Å². The maximum Gasteiger partial charge on any atom is 0.147 e. The molecule has 0 saturated heterocycles. The van der Waals surface area contributed by atoms with Crippen LogP contribution in [-0.2, 0) is 6.54 Å². The average Bonchev–Trinajstić information content (AvgIpc) is 2.33. The number of hydrogen-bond donors (Lipinski definition) is 1. The molecular weight excluding hydrogens is 257 g/mol. The van der Waals surface area contributed by atoms with E-state index in [0.717, 1.165) is 11.3 Å². The first-order valence-electron chi connectivity index (χ1n) is 5.12. The van der Waals surface area contributed by atoms with Gasteiger partial charge in [0.05, 0.1) is 17.3 Å². The lowest BCUT2D eigenvalue weighted by atomic mass is 10.2. The van der Waals surface area contributed by atoms with Crippen molar-refractivity contribution >= 4 is 28.9 Å². The van der Waals surface area contributed by atoms with Crippen molar-refractivity contribution in [2.75, 3.05) is 5.32 Å². The van der Waals surface area contributed by atoms with Crippen LogP contribution >= 0.6 is 23.2 Å². The number of benzene rings is 1. The molecule has 0 aliphatic rings. The summed E-state index contributed by atoms with van der Waals surface area (Å²) >= 11 is 12.1. The monoisotopic (exact) mass is 267 g/mol. The molecule has 0 amide bonds. The van der Waals surface area contributed by atoms with Gasteiger partial charge < -0.3 is 5.32 Å². The molecule has 0 radical (unpaired) electrons. The number of rotatable bonds is 3. The highest BCUT2D eigenvalue weighted by atomic mass is 35.5. The van der Waals surface area contributed by atoms with Gasteiger partial charge in [-0.25, -0.2) is 9.97 Å². The number of halogens is 2. The molecule has 0 aliphatic heterocycles. The van der Waals surface area contributed by atoms with Crippen LogP contribution < -0.4 is 5.32 Å². The van der Waals surface area contributed by atoms with Crippen molar-refractivity contribution < 1.29 is 0 Å². The van der Waals surface area contributed by atoms with Crippen molar-refractivity contribution in [3.05, 3.63) is 52.0 Å². The van der Waals surface area contributed by atoms with Gasteiger partial charge in [-0.3, -0.25) is 0 Å². The van der Waals surface area contributed by atoms with Crippen molar-refractivity contribution in [3.63, 3.8) is 0 Å². The maximum absolute atomic E-state index is 6.11. The standard InChI is InChI=1S/C12H11Cl2N3/c1-8-5-10(14)11(6-9(8)13)17-7-12-15-3-2-4-16-12/h2-6,17H,7H2,1H3. The first kappa shape index (κ1) is 12.1. The van der Waals surface area contributed by atoms with Gasteiger partial charge in [0.1, 0.15) is 5.82 Å². The quantitative estimate of drug-likeness (QED) is 0.922. The third kappa shape index (κ3) is 3.08. The molecule has 1 heterocycles. The zero-order valence-electron chi connectivity index (χ0n) is 9.24. The number of nitrogens with zero attached hydrogens (tertiary/aromatic N) is 2. The highest BCUT2D eigenvalue weighted by molar-refractivity contribution is 6.35. The number of nitrogens with one attached hydrogen (secondary N) is 1. The van der Waals surface area contributed by atoms with Crippen LogP contribution in [-0.4, -0.2) is 9.97 Å². The van der Waals surface area contributed by atoms with E-state index in [4.69, 9.17) is 23.2 Å². The first-order valence-corrected chi connectivity index (χ1v) is 5.88. The fraction of sp³-hybridized carbons (Fsp3) is 0.167. The van der Waals surface area contributed by atoms with Crippen LogP contribution in [0.5, 0.6) is 0 Å². The highest BCUT2D eigenvalue weighted by Gasteiger charge is 2.04. The Morgan fingerprint density at radius 1 is 1.12 bits per heavy atom. The Labute approximate surface area is 110 Å². The van der Waals surface area contributed by atoms with Crippen molar-refractivity contribution in [1.82, 2.24) is 9.97 Å². The Balaban J connectivity index is 2.12. The van der Waals surface area contributed by atoms with Crippen molar-refractivity contribution in [2.45, 2.75) is 13.5 Å². The normalized spacial score (nSPS) is 10.3. The Bertz CT molecular complexity index is 515. The van der Waals surface area contributed by atoms with Crippen LogP contribution in [0.25, 0.3) is 0 Å². The summed E-state index contributed by atoms with van der Waals surface area (Å²) in [5.74, 6) is 0.709. The highest BCUT2D eigenvalue weighted by Crippen LogP contribution is 2.28. The molecule has 1 N–H and O–H groups in total. The number of anilines is 1. The summed E-state index contributed by atoms with van der Waals surface area (Å²) in [4.78, 5) is 8.23. The van der Waals surface area contributed by atoms with Gasteiger partial charge >= 0.3 is 0 Å². The van der Waals surface area contributed by atoms with E-state index in [1.165, 1.54) is 0 Å². The SMILES string of the molecule is Cc1cc(Cl)c(NCc2ncccn2)cc1Cl. The van der Waals surface area contributed by atoms with E-state index in [1.807, 2.05) is 19.1 Å². The second kappa shape index (κ2) is 5.34. The number of aryl methyl sites for hydroxylation is 1. The molecular formula is C12H11Cl2N3. The van der Waals surface area contributed by atoms with E-state index < -0.39 is 0 Å². The molecule has 3 nitrogen and oxygen atoms in total. The minimum atomic E-state index is 0.514. The molecule has 0 atom stereocenters. The van der Waals surface area contributed by atoms with Crippen LogP contribution in [0.15, 0.2) is 30.6 Å². The van der Waals surface area contributed by atoms with Crippen LogP contribution in [0.3, 0.4) is 0 Å². The zero-order chi connectivity index (χ0) is 12.3. The number of aromatic nitrogens is 2. The van der Waals surface area contributed by atoms with Crippen LogP contribution in [0.4, 0.5) is 5.69 Å². The molecule has 0 bridgehead atoms. The van der Waals surface area contributed by atoms with Crippen LogP contribution in [0.1, 0.15) is 11.4 Å². The lowest BCUT2D eigenvalue weighted by Gasteiger charge is -2.09. The smallest absolute Gasteiger partial charge is 0.147 e. The molecule has 0 aliphatic carbocycles. The van der Waals surface area contributed by atoms with Gasteiger partial charge in [-0.2, -0.15) is 0 Å². The second-order valence-electron chi connectivity index (χ2n) is 3.60. The molecule has 0 unspecified atom stereocenters. The summed E-state index contributed by atoms with van der Waals surface area (Å²) in [5.41, 5.74) is 1.74. The van der Waals surface area contributed by atoms with E-state index in [9.17, 15) is 0 Å². The van der Waals surface area contributed by atoms with Gasteiger partial charge in [0.15, 0.2) is 0 Å². The Morgan fingerprint density at radius 3 is 2.53 bits per heavy atom. The fourth-order valence-corrected chi connectivity index (χ4v) is 1.83. The fourth-order valence-electron chi connectivity index (χ4n) is 1.38. The first-order chi connectivity index (χ1) is 8.16. The number of hydrogen-bond acceptors (Lipinski definition) is 3. The molecule has 0 saturated carbocycles. The van der Waals surface area contributed by atoms with Crippen molar-refractivity contribution in [2.24, 2.45) is 0 Å². The molecule has 0 spiro atoms. The van der Waals surface area contributed by atoms with Crippen LogP contribution in [0, 0.1) is 6.92 Å². The van der Waals surface area contributed by atoms with E-state index in [1.54, 1.807) is 18.5 Å². The van der Waals surface area contributed by atoms with E-state index in [2.05, 4.69) is 15.3 Å². The van der Waals surface area contributed by atoms with Crippen molar-refractivity contribution in [1.29, 1.82) is 0 Å². The third-order valence-electron chi connectivity index (χ3n) is 2.30.